The van der Waals surface area contributed by atoms with Crippen molar-refractivity contribution in [1.82, 2.24) is 0 Å². The molecular weight excluding hydrogens is 239 g/mol. The van der Waals surface area contributed by atoms with E-state index in [1.54, 1.807) is 6.92 Å². The number of carbonyl (C=O) groups is 1. The van der Waals surface area contributed by atoms with Gasteiger partial charge in [-0.3, -0.25) is 0 Å². The van der Waals surface area contributed by atoms with Crippen molar-refractivity contribution in [3.8, 4) is 0 Å². The molecule has 0 aromatic heterocycles. The highest BCUT2D eigenvalue weighted by Gasteiger charge is 2.13. The van der Waals surface area contributed by atoms with E-state index < -0.39 is 11.8 Å². The van der Waals surface area contributed by atoms with Crippen molar-refractivity contribution in [2.24, 2.45) is 0 Å². The van der Waals surface area contributed by atoms with Gasteiger partial charge in [0.05, 0.1) is 13.2 Å². The van der Waals surface area contributed by atoms with Gasteiger partial charge in [-0.2, -0.15) is 4.39 Å². The minimum Gasteiger partial charge on any atom is -0.461 e. The topological polar surface area (TPSA) is 44.8 Å². The Labute approximate surface area is 107 Å². The summed E-state index contributed by atoms with van der Waals surface area (Å²) in [4.78, 5) is 10.9. The Morgan fingerprint density at radius 1 is 1.50 bits per heavy atom. The van der Waals surface area contributed by atoms with Gasteiger partial charge in [0.1, 0.15) is 0 Å². The van der Waals surface area contributed by atoms with E-state index in [2.05, 4.69) is 4.74 Å². The van der Waals surface area contributed by atoms with E-state index in [9.17, 15) is 9.18 Å². The average Bonchev–Trinajstić information content (AvgIpc) is 2.39. The quantitative estimate of drug-likeness (QED) is 0.401. The van der Waals surface area contributed by atoms with Crippen molar-refractivity contribution < 1.29 is 23.4 Å². The second-order valence-corrected chi connectivity index (χ2v) is 4.08. The fourth-order valence-electron chi connectivity index (χ4n) is 1.65. The second kappa shape index (κ2) is 9.05. The van der Waals surface area contributed by atoms with Crippen LogP contribution in [0.5, 0.6) is 0 Å². The minimum absolute atomic E-state index is 0.113. The maximum absolute atomic E-state index is 13.1. The fourth-order valence-corrected chi connectivity index (χ4v) is 1.65. The molecule has 104 valence electrons. The van der Waals surface area contributed by atoms with Crippen molar-refractivity contribution in [2.75, 3.05) is 19.8 Å². The molecule has 1 fully saturated rings. The normalized spacial score (nSPS) is 20.8. The van der Waals surface area contributed by atoms with Gasteiger partial charge in [-0.25, -0.2) is 4.79 Å². The van der Waals surface area contributed by atoms with E-state index in [-0.39, 0.29) is 12.9 Å². The lowest BCUT2D eigenvalue weighted by atomic mass is 10.2. The van der Waals surface area contributed by atoms with Crippen LogP contribution in [0.2, 0.25) is 0 Å². The van der Waals surface area contributed by atoms with E-state index in [1.807, 2.05) is 0 Å². The molecule has 0 saturated carbocycles. The monoisotopic (exact) mass is 260 g/mol. The second-order valence-electron chi connectivity index (χ2n) is 4.08. The summed E-state index contributed by atoms with van der Waals surface area (Å²) < 4.78 is 28.5. The molecule has 1 aliphatic heterocycles. The Kier molecular flexibility index (Phi) is 7.60. The number of hydrogen-bond donors (Lipinski definition) is 0. The lowest BCUT2D eigenvalue weighted by Gasteiger charge is -2.22. The SMILES string of the molecule is CCOC(=O)/C(F)=C/CCCOC1CCCCO1. The van der Waals surface area contributed by atoms with Crippen LogP contribution in [-0.2, 0) is 19.0 Å². The molecule has 0 aromatic rings. The molecule has 1 heterocycles. The molecule has 1 atom stereocenters. The van der Waals surface area contributed by atoms with E-state index in [1.165, 1.54) is 6.08 Å². The third kappa shape index (κ3) is 6.12. The molecule has 1 rings (SSSR count). The molecule has 0 bridgehead atoms. The first-order chi connectivity index (χ1) is 8.74. The van der Waals surface area contributed by atoms with Crippen LogP contribution in [0.3, 0.4) is 0 Å². The number of carbonyl (C=O) groups excluding carboxylic acids is 1. The zero-order chi connectivity index (χ0) is 13.2. The zero-order valence-electron chi connectivity index (χ0n) is 10.8. The van der Waals surface area contributed by atoms with Crippen molar-refractivity contribution in [2.45, 2.75) is 45.3 Å². The summed E-state index contributed by atoms with van der Waals surface area (Å²) in [6.45, 7) is 3.09. The van der Waals surface area contributed by atoms with Crippen LogP contribution in [0.15, 0.2) is 11.9 Å². The molecule has 4 nitrogen and oxygen atoms in total. The van der Waals surface area contributed by atoms with Crippen molar-refractivity contribution in [3.05, 3.63) is 11.9 Å². The summed E-state index contributed by atoms with van der Waals surface area (Å²) in [6.07, 6.45) is 5.38. The highest BCUT2D eigenvalue weighted by Crippen LogP contribution is 2.14. The highest BCUT2D eigenvalue weighted by atomic mass is 19.1. The Morgan fingerprint density at radius 2 is 2.33 bits per heavy atom. The molecule has 18 heavy (non-hydrogen) atoms. The largest absolute Gasteiger partial charge is 0.461 e. The first kappa shape index (κ1) is 15.1. The van der Waals surface area contributed by atoms with Crippen molar-refractivity contribution in [1.29, 1.82) is 0 Å². The van der Waals surface area contributed by atoms with Gasteiger partial charge in [-0.05, 0) is 45.1 Å². The summed E-state index contributed by atoms with van der Waals surface area (Å²) in [6, 6.07) is 0. The molecule has 1 aliphatic rings. The van der Waals surface area contributed by atoms with Crippen molar-refractivity contribution in [3.63, 3.8) is 0 Å². The number of ether oxygens (including phenoxy) is 3. The molecule has 5 heteroatoms. The predicted octanol–water partition coefficient (Wildman–Crippen LogP) is 2.73. The zero-order valence-corrected chi connectivity index (χ0v) is 10.8. The number of halogens is 1. The maximum Gasteiger partial charge on any atom is 0.366 e. The van der Waals surface area contributed by atoms with Gasteiger partial charge in [0.25, 0.3) is 0 Å². The minimum atomic E-state index is -0.894. The lowest BCUT2D eigenvalue weighted by Crippen LogP contribution is -2.22. The van der Waals surface area contributed by atoms with Gasteiger partial charge >= 0.3 is 5.97 Å². The third-order valence-electron chi connectivity index (χ3n) is 2.58. The highest BCUT2D eigenvalue weighted by molar-refractivity contribution is 5.85. The molecule has 0 N–H and O–H groups in total. The van der Waals surface area contributed by atoms with Gasteiger partial charge in [0, 0.05) is 6.61 Å². The van der Waals surface area contributed by atoms with E-state index >= 15 is 0 Å². The lowest BCUT2D eigenvalue weighted by molar-refractivity contribution is -0.162. The summed E-state index contributed by atoms with van der Waals surface area (Å²) in [5, 5.41) is 0. The summed E-state index contributed by atoms with van der Waals surface area (Å²) in [5.74, 6) is -1.72. The molecule has 0 aromatic carbocycles. The molecule has 0 spiro atoms. The van der Waals surface area contributed by atoms with Gasteiger partial charge in [0.15, 0.2) is 6.29 Å². The Balaban J connectivity index is 2.06. The molecule has 1 unspecified atom stereocenters. The number of hydrogen-bond acceptors (Lipinski definition) is 4. The van der Waals surface area contributed by atoms with Crippen LogP contribution in [0, 0.1) is 0 Å². The standard InChI is InChI=1S/C13H21FO4/c1-2-16-13(15)11(14)7-3-5-9-17-12-8-4-6-10-18-12/h7,12H,2-6,8-10H2,1H3/b11-7-. The first-order valence-electron chi connectivity index (χ1n) is 6.50. The van der Waals surface area contributed by atoms with Gasteiger partial charge in [-0.1, -0.05) is 0 Å². The summed E-state index contributed by atoms with van der Waals surface area (Å²) in [5.41, 5.74) is 0. The predicted molar refractivity (Wildman–Crippen MR) is 64.6 cm³/mol. The Hall–Kier alpha value is -0.940. The number of esters is 1. The average molecular weight is 260 g/mol. The van der Waals surface area contributed by atoms with Crippen LogP contribution in [0.4, 0.5) is 4.39 Å². The van der Waals surface area contributed by atoms with E-state index in [0.29, 0.717) is 19.4 Å². The number of unbranched alkanes of at least 4 members (excludes halogenated alkanes) is 1. The summed E-state index contributed by atoms with van der Waals surface area (Å²) >= 11 is 0. The molecular formula is C13H21FO4. The maximum atomic E-state index is 13.1. The fraction of sp³-hybridized carbons (Fsp3) is 0.769. The smallest absolute Gasteiger partial charge is 0.366 e. The van der Waals surface area contributed by atoms with Gasteiger partial charge < -0.3 is 14.2 Å². The van der Waals surface area contributed by atoms with E-state index in [0.717, 1.165) is 25.9 Å². The van der Waals surface area contributed by atoms with Gasteiger partial charge in [-0.15, -0.1) is 0 Å². The molecule has 0 aliphatic carbocycles. The summed E-state index contributed by atoms with van der Waals surface area (Å²) in [7, 11) is 0. The van der Waals surface area contributed by atoms with E-state index in [4.69, 9.17) is 9.47 Å². The number of allylic oxidation sites excluding steroid dienone is 1. The first-order valence-corrected chi connectivity index (χ1v) is 6.50. The number of rotatable bonds is 7. The van der Waals surface area contributed by atoms with Crippen LogP contribution in [0.25, 0.3) is 0 Å². The Morgan fingerprint density at radius 3 is 3.00 bits per heavy atom. The van der Waals surface area contributed by atoms with Crippen molar-refractivity contribution >= 4 is 5.97 Å². The van der Waals surface area contributed by atoms with Crippen LogP contribution < -0.4 is 0 Å². The van der Waals surface area contributed by atoms with Crippen LogP contribution in [0.1, 0.15) is 39.0 Å². The van der Waals surface area contributed by atoms with Crippen LogP contribution >= 0.6 is 0 Å². The third-order valence-corrected chi connectivity index (χ3v) is 2.58. The molecule has 0 amide bonds. The van der Waals surface area contributed by atoms with Crippen LogP contribution in [-0.4, -0.2) is 32.1 Å². The van der Waals surface area contributed by atoms with Gasteiger partial charge in [0.2, 0.25) is 5.83 Å². The molecule has 1 saturated heterocycles. The Bertz CT molecular complexity index is 272. The molecule has 0 radical (unpaired) electrons.